The summed E-state index contributed by atoms with van der Waals surface area (Å²) in [6.07, 6.45) is 4.58. The number of amides is 1. The van der Waals surface area contributed by atoms with E-state index in [4.69, 9.17) is 9.72 Å². The first-order chi connectivity index (χ1) is 20.3. The molecule has 0 aliphatic carbocycles. The highest BCUT2D eigenvalue weighted by atomic mass is 19.1. The Balaban J connectivity index is 1.24. The molecular formula is C30H32F3N7O2. The van der Waals surface area contributed by atoms with Crippen LogP contribution >= 0.6 is 0 Å². The molecule has 1 N–H and O–H groups in total. The number of ether oxygens (including phenoxy) is 1. The zero-order valence-corrected chi connectivity index (χ0v) is 23.5. The highest BCUT2D eigenvalue weighted by molar-refractivity contribution is 6.07. The van der Waals surface area contributed by atoms with Gasteiger partial charge in [-0.2, -0.15) is 5.10 Å². The summed E-state index contributed by atoms with van der Waals surface area (Å²) >= 11 is 0. The summed E-state index contributed by atoms with van der Waals surface area (Å²) in [4.78, 5) is 24.4. The number of methoxy groups -OCH3 is 1. The van der Waals surface area contributed by atoms with E-state index in [2.05, 4.69) is 27.3 Å². The van der Waals surface area contributed by atoms with Crippen LogP contribution in [-0.2, 0) is 6.54 Å². The van der Waals surface area contributed by atoms with E-state index in [1.165, 1.54) is 30.0 Å². The number of nitrogens with one attached hydrogen (secondary N) is 1. The molecule has 9 nitrogen and oxygen atoms in total. The lowest BCUT2D eigenvalue weighted by atomic mass is 10.0. The minimum Gasteiger partial charge on any atom is -0.496 e. The molecular weight excluding hydrogens is 547 g/mol. The molecule has 2 saturated heterocycles. The molecule has 6 rings (SSSR count). The average Bonchev–Trinajstić information content (AvgIpc) is 3.63. The molecule has 0 radical (unpaired) electrons. The standard InChI is InChI=1S/C30H32F3N7O2/c1-37-10-12-38(13-11-37)18-19-14-27(42-2)22(16-24(19)33)30(41)35-25-17-34-40-9-7-28(36-29(25)40)39-8-3-4-26(39)21-15-20(31)5-6-23(21)32/h5-7,9,14-17,26H,3-4,8,10-13,18H2,1-2H3,(H,35,41). The first kappa shape index (κ1) is 28.0. The maximum Gasteiger partial charge on any atom is 0.259 e. The monoisotopic (exact) mass is 579 g/mol. The molecule has 2 fully saturated rings. The fourth-order valence-corrected chi connectivity index (χ4v) is 5.74. The Morgan fingerprint density at radius 2 is 1.86 bits per heavy atom. The number of likely N-dealkylation sites (N-methyl/N-ethyl adjacent to an activating group) is 1. The van der Waals surface area contributed by atoms with Crippen molar-refractivity contribution in [2.75, 3.05) is 57.1 Å². The van der Waals surface area contributed by atoms with Gasteiger partial charge in [-0.3, -0.25) is 9.69 Å². The van der Waals surface area contributed by atoms with Crippen LogP contribution in [0.2, 0.25) is 0 Å². The van der Waals surface area contributed by atoms with Crippen LogP contribution in [0.25, 0.3) is 5.65 Å². The van der Waals surface area contributed by atoms with Crippen molar-refractivity contribution >= 4 is 23.1 Å². The molecule has 2 aliphatic heterocycles. The summed E-state index contributed by atoms with van der Waals surface area (Å²) in [6, 6.07) is 7.61. The number of carbonyl (C=O) groups is 1. The van der Waals surface area contributed by atoms with Crippen molar-refractivity contribution in [1.29, 1.82) is 0 Å². The van der Waals surface area contributed by atoms with Crippen LogP contribution in [0.1, 0.15) is 40.4 Å². The van der Waals surface area contributed by atoms with Crippen molar-refractivity contribution in [2.45, 2.75) is 25.4 Å². The minimum atomic E-state index is -0.570. The van der Waals surface area contributed by atoms with E-state index in [1.807, 2.05) is 4.90 Å². The third kappa shape index (κ3) is 5.51. The van der Waals surface area contributed by atoms with E-state index in [-0.39, 0.29) is 22.9 Å². The van der Waals surface area contributed by atoms with E-state index in [1.54, 1.807) is 18.3 Å². The maximum absolute atomic E-state index is 15.2. The smallest absolute Gasteiger partial charge is 0.259 e. The van der Waals surface area contributed by atoms with Gasteiger partial charge in [0.25, 0.3) is 5.91 Å². The Morgan fingerprint density at radius 3 is 2.64 bits per heavy atom. The molecule has 2 aliphatic rings. The summed E-state index contributed by atoms with van der Waals surface area (Å²) in [7, 11) is 3.51. The number of fused-ring (bicyclic) bond motifs is 1. The summed E-state index contributed by atoms with van der Waals surface area (Å²) in [5.41, 5.74) is 1.47. The molecule has 0 bridgehead atoms. The van der Waals surface area contributed by atoms with E-state index in [0.717, 1.165) is 44.7 Å². The van der Waals surface area contributed by atoms with Gasteiger partial charge in [-0.25, -0.2) is 22.7 Å². The highest BCUT2D eigenvalue weighted by Gasteiger charge is 2.30. The molecule has 1 amide bonds. The summed E-state index contributed by atoms with van der Waals surface area (Å²) in [5.74, 6) is -1.21. The molecule has 0 spiro atoms. The van der Waals surface area contributed by atoms with Gasteiger partial charge >= 0.3 is 0 Å². The number of hydrogen-bond donors (Lipinski definition) is 1. The number of piperazine rings is 1. The topological polar surface area (TPSA) is 78.2 Å². The number of nitrogens with zero attached hydrogens (tertiary/aromatic N) is 6. The van der Waals surface area contributed by atoms with Gasteiger partial charge in [-0.05, 0) is 56.3 Å². The zero-order valence-electron chi connectivity index (χ0n) is 23.5. The molecule has 4 heterocycles. The number of benzene rings is 2. The van der Waals surface area contributed by atoms with Crippen LogP contribution in [-0.4, -0.2) is 77.2 Å². The number of anilines is 2. The molecule has 42 heavy (non-hydrogen) atoms. The Labute approximate surface area is 241 Å². The second-order valence-corrected chi connectivity index (χ2v) is 10.8. The summed E-state index contributed by atoms with van der Waals surface area (Å²) in [6.45, 7) is 4.52. The molecule has 0 saturated carbocycles. The third-order valence-corrected chi connectivity index (χ3v) is 8.07. The zero-order chi connectivity index (χ0) is 29.4. The second kappa shape index (κ2) is 11.6. The molecule has 2 aromatic heterocycles. The van der Waals surface area contributed by atoms with Gasteiger partial charge in [0, 0.05) is 56.6 Å². The van der Waals surface area contributed by atoms with Gasteiger partial charge in [0.05, 0.1) is 24.9 Å². The fraction of sp³-hybridized carbons (Fsp3) is 0.367. The van der Waals surface area contributed by atoms with Crippen molar-refractivity contribution in [3.05, 3.63) is 82.9 Å². The lowest BCUT2D eigenvalue weighted by molar-refractivity contribution is 0.102. The molecule has 12 heteroatoms. The fourth-order valence-electron chi connectivity index (χ4n) is 5.74. The van der Waals surface area contributed by atoms with Crippen LogP contribution in [0, 0.1) is 17.5 Å². The summed E-state index contributed by atoms with van der Waals surface area (Å²) in [5, 5.41) is 7.07. The van der Waals surface area contributed by atoms with Crippen molar-refractivity contribution in [3.63, 3.8) is 0 Å². The van der Waals surface area contributed by atoms with Gasteiger partial charge in [-0.15, -0.1) is 0 Å². The first-order valence-electron chi connectivity index (χ1n) is 14.0. The first-order valence-corrected chi connectivity index (χ1v) is 14.0. The van der Waals surface area contributed by atoms with E-state index < -0.39 is 23.4 Å². The van der Waals surface area contributed by atoms with Gasteiger partial charge in [0.15, 0.2) is 5.65 Å². The highest BCUT2D eigenvalue weighted by Crippen LogP contribution is 2.37. The van der Waals surface area contributed by atoms with E-state index in [0.29, 0.717) is 42.2 Å². The number of halogens is 3. The van der Waals surface area contributed by atoms with Gasteiger partial charge in [0.2, 0.25) is 0 Å². The van der Waals surface area contributed by atoms with Crippen molar-refractivity contribution < 1.29 is 22.7 Å². The molecule has 4 aromatic rings. The lowest BCUT2D eigenvalue weighted by Gasteiger charge is -2.32. The summed E-state index contributed by atoms with van der Waals surface area (Å²) < 4.78 is 50.7. The van der Waals surface area contributed by atoms with Crippen LogP contribution in [0.5, 0.6) is 5.75 Å². The quantitative estimate of drug-likeness (QED) is 0.346. The number of aromatic nitrogens is 3. The van der Waals surface area contributed by atoms with Gasteiger partial charge in [0.1, 0.15) is 34.7 Å². The maximum atomic E-state index is 15.2. The predicted octanol–water partition coefficient (Wildman–Crippen LogP) is 4.50. The number of hydrogen-bond acceptors (Lipinski definition) is 7. The van der Waals surface area contributed by atoms with Crippen LogP contribution in [0.3, 0.4) is 0 Å². The number of carbonyl (C=O) groups excluding carboxylic acids is 1. The lowest BCUT2D eigenvalue weighted by Crippen LogP contribution is -2.44. The third-order valence-electron chi connectivity index (χ3n) is 8.07. The van der Waals surface area contributed by atoms with E-state index >= 15 is 4.39 Å². The van der Waals surface area contributed by atoms with Crippen molar-refractivity contribution in [3.8, 4) is 5.75 Å². The normalized spacial score (nSPS) is 18.1. The van der Waals surface area contributed by atoms with Gasteiger partial charge in [-0.1, -0.05) is 0 Å². The van der Waals surface area contributed by atoms with Gasteiger partial charge < -0.3 is 19.9 Å². The minimum absolute atomic E-state index is 0.0498. The Morgan fingerprint density at radius 1 is 1.05 bits per heavy atom. The Bertz CT molecular complexity index is 1620. The Kier molecular flexibility index (Phi) is 7.74. The van der Waals surface area contributed by atoms with Crippen molar-refractivity contribution in [2.24, 2.45) is 0 Å². The van der Waals surface area contributed by atoms with Crippen LogP contribution in [0.4, 0.5) is 24.7 Å². The molecule has 2 aromatic carbocycles. The second-order valence-electron chi connectivity index (χ2n) is 10.8. The SMILES string of the molecule is COc1cc(CN2CCN(C)CC2)c(F)cc1C(=O)Nc1cnn2ccc(N3CCCC3c3cc(F)ccc3F)nc12. The average molecular weight is 580 g/mol. The largest absolute Gasteiger partial charge is 0.496 e. The van der Waals surface area contributed by atoms with E-state index in [9.17, 15) is 13.6 Å². The number of rotatable bonds is 7. The molecule has 1 atom stereocenters. The van der Waals surface area contributed by atoms with Crippen LogP contribution < -0.4 is 15.0 Å². The van der Waals surface area contributed by atoms with Crippen molar-refractivity contribution in [1.82, 2.24) is 24.4 Å². The van der Waals surface area contributed by atoms with Crippen LogP contribution in [0.15, 0.2) is 48.8 Å². The Hall–Kier alpha value is -4.16. The molecule has 220 valence electrons. The predicted molar refractivity (Wildman–Crippen MR) is 152 cm³/mol. The molecule has 1 unspecified atom stereocenters.